The predicted molar refractivity (Wildman–Crippen MR) is 170 cm³/mol. The Morgan fingerprint density at radius 1 is 0.561 bits per heavy atom. The van der Waals surface area contributed by atoms with E-state index in [1.807, 2.05) is 0 Å². The summed E-state index contributed by atoms with van der Waals surface area (Å²) in [5, 5.41) is 35.4. The van der Waals surface area contributed by atoms with Crippen LogP contribution in [-0.2, 0) is 24.0 Å². The number of Topliss-reactive ketones (excluding diaryl/α,β-unsaturated/α-hetero) is 3. The van der Waals surface area contributed by atoms with Gasteiger partial charge < -0.3 is 36.6 Å². The van der Waals surface area contributed by atoms with Gasteiger partial charge in [0.2, 0.25) is 0 Å². The van der Waals surface area contributed by atoms with Crippen LogP contribution < -0.4 is 21.3 Å². The molecular weight excluding hydrogens is 536 g/mol. The van der Waals surface area contributed by atoms with Gasteiger partial charge in [-0.3, -0.25) is 24.0 Å². The highest BCUT2D eigenvalue weighted by Crippen LogP contribution is 2.01. The Hall–Kier alpha value is -2.90. The van der Waals surface area contributed by atoms with Crippen molar-refractivity contribution in [1.82, 2.24) is 21.3 Å². The van der Waals surface area contributed by atoms with Crippen molar-refractivity contribution in [1.29, 1.82) is 0 Å². The Balaban J connectivity index is -0.0000000505. The second kappa shape index (κ2) is 39.2. The van der Waals surface area contributed by atoms with Crippen molar-refractivity contribution in [3.8, 4) is 0 Å². The smallest absolute Gasteiger partial charge is 0.404 e. The molecule has 0 spiro atoms. The summed E-state index contributed by atoms with van der Waals surface area (Å²) in [6.07, 6.45) is 1.61. The second-order valence-electron chi connectivity index (χ2n) is 7.61. The fourth-order valence-electron chi connectivity index (χ4n) is 2.66. The van der Waals surface area contributed by atoms with Crippen LogP contribution in [0.15, 0.2) is 0 Å². The number of carbonyl (C=O) groups is 6. The number of carboxylic acid groups (broad SMARTS) is 3. The normalized spacial score (nSPS) is 10.6. The number of rotatable bonds is 16. The molecule has 3 unspecified atom stereocenters. The molecule has 7 N–H and O–H groups in total. The summed E-state index contributed by atoms with van der Waals surface area (Å²) in [6, 6.07) is -0.955. The molecule has 13 nitrogen and oxygen atoms in total. The molecule has 0 saturated carbocycles. The number of hydrogen-bond donors (Lipinski definition) is 7. The van der Waals surface area contributed by atoms with E-state index in [1.54, 1.807) is 28.1 Å². The van der Waals surface area contributed by atoms with E-state index in [0.717, 1.165) is 19.3 Å². The van der Waals surface area contributed by atoms with E-state index in [4.69, 9.17) is 15.3 Å². The molecule has 0 bridgehead atoms. The van der Waals surface area contributed by atoms with Crippen LogP contribution in [0.3, 0.4) is 0 Å². The number of nitrogens with one attached hydrogen (secondary N) is 4. The summed E-state index contributed by atoms with van der Waals surface area (Å²) in [4.78, 5) is 62.6. The summed E-state index contributed by atoms with van der Waals surface area (Å²) in [7, 11) is 4.96. The summed E-state index contributed by atoms with van der Waals surface area (Å²) < 4.78 is 0. The average Bonchev–Trinajstić information content (AvgIpc) is 2.74. The molecule has 0 heterocycles. The van der Waals surface area contributed by atoms with E-state index in [2.05, 4.69) is 21.3 Å². The molecule has 0 saturated heterocycles. The quantitative estimate of drug-likeness (QED) is 0.125. The minimum absolute atomic E-state index is 0. The zero-order valence-electron chi connectivity index (χ0n) is 21.5. The number of amides is 1. The van der Waals surface area contributed by atoms with Crippen molar-refractivity contribution >= 4 is 35.4 Å². The van der Waals surface area contributed by atoms with Gasteiger partial charge in [0.15, 0.2) is 0 Å². The molecule has 0 aromatic carbocycles. The highest BCUT2D eigenvalue weighted by atomic mass is 16.4. The molecule has 1 amide bonds. The Kier molecular flexibility index (Phi) is 59.3. The van der Waals surface area contributed by atoms with Gasteiger partial charge in [0, 0.05) is 13.0 Å². The van der Waals surface area contributed by atoms with Crippen LogP contribution in [0.1, 0.15) is 104 Å². The highest BCUT2D eigenvalue weighted by Gasteiger charge is 2.14. The number of carboxylic acids is 2. The zero-order valence-corrected chi connectivity index (χ0v) is 21.5. The molecule has 0 radical (unpaired) electrons. The summed E-state index contributed by atoms with van der Waals surface area (Å²) in [5.74, 6) is -1.88. The first-order chi connectivity index (χ1) is 16.2. The van der Waals surface area contributed by atoms with E-state index >= 15 is 0 Å². The van der Waals surface area contributed by atoms with Gasteiger partial charge in [-0.15, -0.1) is 0 Å². The molecule has 0 aromatic rings. The van der Waals surface area contributed by atoms with Crippen LogP contribution in [0.4, 0.5) is 4.79 Å². The lowest BCUT2D eigenvalue weighted by Gasteiger charge is -2.11. The SMILES string of the molecule is C.C.C.C.C.C.CNC(CC(=O)O)C(C)=O.CNC(CCC(=O)O)C(C)=O.CNC(CCCCNC(=O)O)C(C)=O. The number of carbonyl (C=O) groups excluding carboxylic acids is 3. The number of aliphatic carboxylic acids is 2. The van der Waals surface area contributed by atoms with Gasteiger partial charge in [-0.1, -0.05) is 44.6 Å². The molecule has 0 aliphatic heterocycles. The molecular formula is C28H66N4O9. The number of hydrogen-bond acceptors (Lipinski definition) is 9. The van der Waals surface area contributed by atoms with Crippen molar-refractivity contribution in [3.63, 3.8) is 0 Å². The van der Waals surface area contributed by atoms with E-state index in [-0.39, 0.29) is 86.8 Å². The Morgan fingerprint density at radius 2 is 0.927 bits per heavy atom. The van der Waals surface area contributed by atoms with Crippen LogP contribution >= 0.6 is 0 Å². The maximum Gasteiger partial charge on any atom is 0.404 e. The minimum atomic E-state index is -0.998. The molecule has 3 atom stereocenters. The lowest BCUT2D eigenvalue weighted by Crippen LogP contribution is -2.34. The van der Waals surface area contributed by atoms with Gasteiger partial charge in [0.05, 0.1) is 24.5 Å². The summed E-state index contributed by atoms with van der Waals surface area (Å²) in [6.45, 7) is 4.81. The first-order valence-electron chi connectivity index (χ1n) is 11.2. The Morgan fingerprint density at radius 3 is 1.17 bits per heavy atom. The fourth-order valence-corrected chi connectivity index (χ4v) is 2.66. The van der Waals surface area contributed by atoms with E-state index < -0.39 is 24.1 Å². The first kappa shape index (κ1) is 61.9. The molecule has 0 aliphatic rings. The van der Waals surface area contributed by atoms with Crippen molar-refractivity contribution < 1.29 is 44.1 Å². The van der Waals surface area contributed by atoms with E-state index in [1.165, 1.54) is 13.8 Å². The standard InChI is InChI=1S/C9H18N2O3.C7H13NO3.C6H11NO3.6CH4/c1-7(12)8(10-2)5-3-4-6-11-9(13)14;1-5(9)6(8-2)3-4-7(10)11;1-4(8)5(7-2)3-6(9)10;;;;;;/h8,10-11H,3-6H2,1-2H3,(H,13,14);6,8H,3-4H2,1-2H3,(H,10,11);5,7H,3H2,1-2H3,(H,9,10);6*1H4. The monoisotopic (exact) mass is 602 g/mol. The molecule has 252 valence electrons. The van der Waals surface area contributed by atoms with Crippen LogP contribution in [0.5, 0.6) is 0 Å². The summed E-state index contributed by atoms with van der Waals surface area (Å²) in [5.41, 5.74) is 0. The van der Waals surface area contributed by atoms with Crippen molar-refractivity contribution in [2.75, 3.05) is 27.7 Å². The molecule has 13 heteroatoms. The van der Waals surface area contributed by atoms with Crippen LogP contribution in [0, 0.1) is 0 Å². The Bertz CT molecular complexity index is 675. The van der Waals surface area contributed by atoms with Gasteiger partial charge in [0.25, 0.3) is 0 Å². The maximum atomic E-state index is 11.0. The van der Waals surface area contributed by atoms with Crippen LogP contribution in [0.2, 0.25) is 0 Å². The third-order valence-corrected chi connectivity index (χ3v) is 4.74. The van der Waals surface area contributed by atoms with Crippen molar-refractivity contribution in [2.24, 2.45) is 0 Å². The lowest BCUT2D eigenvalue weighted by molar-refractivity contribution is -0.139. The largest absolute Gasteiger partial charge is 0.481 e. The number of unbranched alkanes of at least 4 members (excludes halogenated alkanes) is 1. The average molecular weight is 603 g/mol. The van der Waals surface area contributed by atoms with Gasteiger partial charge in [0.1, 0.15) is 17.3 Å². The third-order valence-electron chi connectivity index (χ3n) is 4.74. The Labute approximate surface area is 250 Å². The van der Waals surface area contributed by atoms with Gasteiger partial charge >= 0.3 is 18.0 Å². The van der Waals surface area contributed by atoms with E-state index in [0.29, 0.717) is 13.0 Å². The minimum Gasteiger partial charge on any atom is -0.481 e. The fraction of sp³-hybridized carbons (Fsp3) is 0.786. The van der Waals surface area contributed by atoms with Crippen molar-refractivity contribution in [3.05, 3.63) is 0 Å². The topological polar surface area (TPSA) is 211 Å². The number of ketones is 3. The lowest BCUT2D eigenvalue weighted by atomic mass is 10.1. The van der Waals surface area contributed by atoms with E-state index in [9.17, 15) is 28.8 Å². The highest BCUT2D eigenvalue weighted by molar-refractivity contribution is 5.85. The summed E-state index contributed by atoms with van der Waals surface area (Å²) >= 11 is 0. The maximum absolute atomic E-state index is 11.0. The van der Waals surface area contributed by atoms with Gasteiger partial charge in [-0.25, -0.2) is 4.79 Å². The molecule has 0 rings (SSSR count). The first-order valence-corrected chi connectivity index (χ1v) is 11.2. The van der Waals surface area contributed by atoms with Gasteiger partial charge in [-0.05, 0) is 67.6 Å². The third kappa shape index (κ3) is 44.4. The molecule has 41 heavy (non-hydrogen) atoms. The second-order valence-corrected chi connectivity index (χ2v) is 7.61. The number of likely N-dealkylation sites (N-methyl/N-ethyl adjacent to an activating group) is 3. The van der Waals surface area contributed by atoms with Crippen molar-refractivity contribution in [2.45, 2.75) is 122 Å². The molecule has 0 fully saturated rings. The van der Waals surface area contributed by atoms with Crippen LogP contribution in [0.25, 0.3) is 0 Å². The van der Waals surface area contributed by atoms with Crippen LogP contribution in [-0.4, -0.2) is 96.5 Å². The van der Waals surface area contributed by atoms with Gasteiger partial charge in [-0.2, -0.15) is 0 Å². The zero-order chi connectivity index (χ0) is 28.0. The predicted octanol–water partition coefficient (Wildman–Crippen LogP) is 4.08. The molecule has 0 aromatic heterocycles. The molecule has 0 aliphatic carbocycles.